The number of hydrogen-bond acceptors (Lipinski definition) is 1. The third-order valence-corrected chi connectivity index (χ3v) is 5.36. The van der Waals surface area contributed by atoms with E-state index in [-0.39, 0.29) is 0 Å². The van der Waals surface area contributed by atoms with Gasteiger partial charge in [0, 0.05) is 0 Å². The Morgan fingerprint density at radius 1 is 0.882 bits per heavy atom. The van der Waals surface area contributed by atoms with Crippen LogP contribution < -0.4 is 0 Å². The van der Waals surface area contributed by atoms with E-state index in [1.165, 1.54) is 71.0 Å². The molecule has 0 spiro atoms. The minimum Gasteiger partial charge on any atom is -0.304 e. The second-order valence-corrected chi connectivity index (χ2v) is 6.40. The lowest BCUT2D eigenvalue weighted by Crippen LogP contribution is -2.37. The fourth-order valence-corrected chi connectivity index (χ4v) is 4.10. The van der Waals surface area contributed by atoms with Crippen molar-refractivity contribution in [3.05, 3.63) is 0 Å². The third-order valence-electron chi connectivity index (χ3n) is 5.36. The minimum absolute atomic E-state index is 0.994. The Morgan fingerprint density at radius 3 is 2.18 bits per heavy atom. The van der Waals surface area contributed by atoms with Crippen molar-refractivity contribution in [3.63, 3.8) is 0 Å². The molecular formula is C16H31N. The topological polar surface area (TPSA) is 3.24 Å². The lowest BCUT2D eigenvalue weighted by Gasteiger charge is -2.39. The standard InChI is InChI=1S/C16H31N/c1-3-17-12-10-15(11-13-17)16-9-7-5-4-6-8-14(16)2/h14-16H,3-13H2,1-2H3. The SMILES string of the molecule is CCN1CCC(C2CCCCCCC2C)CC1. The minimum atomic E-state index is 0.994. The molecule has 0 aromatic carbocycles. The quantitative estimate of drug-likeness (QED) is 0.691. The van der Waals surface area contributed by atoms with Crippen LogP contribution in [-0.2, 0) is 0 Å². The number of hydrogen-bond donors (Lipinski definition) is 0. The molecule has 0 bridgehead atoms. The summed E-state index contributed by atoms with van der Waals surface area (Å²) in [4.78, 5) is 2.63. The molecule has 1 aliphatic carbocycles. The van der Waals surface area contributed by atoms with Gasteiger partial charge in [-0.05, 0) is 56.7 Å². The van der Waals surface area contributed by atoms with E-state index in [2.05, 4.69) is 18.7 Å². The van der Waals surface area contributed by atoms with Crippen molar-refractivity contribution in [3.8, 4) is 0 Å². The van der Waals surface area contributed by atoms with Crippen LogP contribution in [-0.4, -0.2) is 24.5 Å². The van der Waals surface area contributed by atoms with Gasteiger partial charge >= 0.3 is 0 Å². The number of likely N-dealkylation sites (tertiary alicyclic amines) is 1. The predicted molar refractivity (Wildman–Crippen MR) is 75.2 cm³/mol. The molecule has 1 heteroatoms. The van der Waals surface area contributed by atoms with E-state index >= 15 is 0 Å². The summed E-state index contributed by atoms with van der Waals surface area (Å²) in [7, 11) is 0. The highest BCUT2D eigenvalue weighted by Crippen LogP contribution is 2.37. The highest BCUT2D eigenvalue weighted by molar-refractivity contribution is 4.81. The van der Waals surface area contributed by atoms with E-state index in [4.69, 9.17) is 0 Å². The summed E-state index contributed by atoms with van der Waals surface area (Å²) in [6, 6.07) is 0. The largest absolute Gasteiger partial charge is 0.304 e. The summed E-state index contributed by atoms with van der Waals surface area (Å²) < 4.78 is 0. The molecule has 1 saturated heterocycles. The van der Waals surface area contributed by atoms with Crippen molar-refractivity contribution in [2.45, 2.75) is 65.2 Å². The molecule has 1 heterocycles. The van der Waals surface area contributed by atoms with Gasteiger partial charge in [0.25, 0.3) is 0 Å². The Balaban J connectivity index is 1.86. The second-order valence-electron chi connectivity index (χ2n) is 6.40. The van der Waals surface area contributed by atoms with Crippen LogP contribution in [0.2, 0.25) is 0 Å². The molecule has 1 nitrogen and oxygen atoms in total. The number of rotatable bonds is 2. The van der Waals surface area contributed by atoms with Crippen LogP contribution >= 0.6 is 0 Å². The van der Waals surface area contributed by atoms with E-state index in [0.29, 0.717) is 0 Å². The molecule has 2 atom stereocenters. The Bertz CT molecular complexity index is 206. The first-order valence-electron chi connectivity index (χ1n) is 8.03. The highest BCUT2D eigenvalue weighted by atomic mass is 15.1. The zero-order chi connectivity index (χ0) is 12.1. The van der Waals surface area contributed by atoms with Crippen molar-refractivity contribution < 1.29 is 0 Å². The van der Waals surface area contributed by atoms with Gasteiger partial charge in [-0.3, -0.25) is 0 Å². The average Bonchev–Trinajstić information content (AvgIpc) is 2.35. The maximum Gasteiger partial charge on any atom is -0.00161 e. The van der Waals surface area contributed by atoms with Gasteiger partial charge in [-0.1, -0.05) is 46.0 Å². The van der Waals surface area contributed by atoms with Crippen LogP contribution in [0.5, 0.6) is 0 Å². The van der Waals surface area contributed by atoms with Crippen molar-refractivity contribution >= 4 is 0 Å². The highest BCUT2D eigenvalue weighted by Gasteiger charge is 2.29. The molecule has 2 aliphatic rings. The van der Waals surface area contributed by atoms with Gasteiger partial charge in [-0.25, -0.2) is 0 Å². The van der Waals surface area contributed by atoms with Crippen LogP contribution in [0, 0.1) is 17.8 Å². The zero-order valence-corrected chi connectivity index (χ0v) is 12.0. The summed E-state index contributed by atoms with van der Waals surface area (Å²) >= 11 is 0. The van der Waals surface area contributed by atoms with Crippen molar-refractivity contribution in [2.75, 3.05) is 19.6 Å². The van der Waals surface area contributed by atoms with Crippen molar-refractivity contribution in [1.29, 1.82) is 0 Å². The number of nitrogens with zero attached hydrogens (tertiary/aromatic N) is 1. The normalized spacial score (nSPS) is 34.2. The Labute approximate surface area is 108 Å². The first kappa shape index (κ1) is 13.4. The molecule has 0 N–H and O–H groups in total. The Kier molecular flexibility index (Phi) is 5.34. The maximum absolute atomic E-state index is 2.63. The predicted octanol–water partition coefficient (Wildman–Crippen LogP) is 4.32. The fourth-order valence-electron chi connectivity index (χ4n) is 4.10. The molecule has 0 amide bonds. The van der Waals surface area contributed by atoms with E-state index in [9.17, 15) is 0 Å². The van der Waals surface area contributed by atoms with Crippen molar-refractivity contribution in [1.82, 2.24) is 4.90 Å². The first-order valence-corrected chi connectivity index (χ1v) is 8.03. The molecule has 0 aromatic rings. The van der Waals surface area contributed by atoms with Crippen molar-refractivity contribution in [2.24, 2.45) is 17.8 Å². The average molecular weight is 237 g/mol. The molecule has 1 saturated carbocycles. The Hall–Kier alpha value is -0.0400. The summed E-state index contributed by atoms with van der Waals surface area (Å²) in [5.74, 6) is 3.09. The zero-order valence-electron chi connectivity index (χ0n) is 12.0. The van der Waals surface area contributed by atoms with Gasteiger partial charge in [-0.15, -0.1) is 0 Å². The van der Waals surface area contributed by atoms with E-state index < -0.39 is 0 Å². The molecule has 2 unspecified atom stereocenters. The lowest BCUT2D eigenvalue weighted by atomic mass is 9.72. The monoisotopic (exact) mass is 237 g/mol. The smallest absolute Gasteiger partial charge is 0.00161 e. The van der Waals surface area contributed by atoms with Crippen LogP contribution in [0.1, 0.15) is 65.2 Å². The molecule has 2 fully saturated rings. The van der Waals surface area contributed by atoms with Crippen LogP contribution in [0.25, 0.3) is 0 Å². The molecule has 0 radical (unpaired) electrons. The van der Waals surface area contributed by atoms with Gasteiger partial charge in [0.1, 0.15) is 0 Å². The van der Waals surface area contributed by atoms with E-state index in [1.807, 2.05) is 0 Å². The van der Waals surface area contributed by atoms with E-state index in [1.54, 1.807) is 0 Å². The van der Waals surface area contributed by atoms with Gasteiger partial charge in [-0.2, -0.15) is 0 Å². The van der Waals surface area contributed by atoms with Gasteiger partial charge < -0.3 is 4.90 Å². The van der Waals surface area contributed by atoms with Crippen LogP contribution in [0.4, 0.5) is 0 Å². The summed E-state index contributed by atoms with van der Waals surface area (Å²) in [5, 5.41) is 0. The molecule has 17 heavy (non-hydrogen) atoms. The fraction of sp³-hybridized carbons (Fsp3) is 1.00. The summed E-state index contributed by atoms with van der Waals surface area (Å²) in [6.07, 6.45) is 12.0. The van der Waals surface area contributed by atoms with E-state index in [0.717, 1.165) is 17.8 Å². The maximum atomic E-state index is 2.63. The summed E-state index contributed by atoms with van der Waals surface area (Å²) in [5.41, 5.74) is 0. The molecular weight excluding hydrogens is 206 g/mol. The molecule has 1 aliphatic heterocycles. The lowest BCUT2D eigenvalue weighted by molar-refractivity contribution is 0.109. The third kappa shape index (κ3) is 3.71. The van der Waals surface area contributed by atoms with Crippen LogP contribution in [0.15, 0.2) is 0 Å². The molecule has 100 valence electrons. The summed E-state index contributed by atoms with van der Waals surface area (Å²) in [6.45, 7) is 8.82. The van der Waals surface area contributed by atoms with Gasteiger partial charge in [0.2, 0.25) is 0 Å². The van der Waals surface area contributed by atoms with Crippen LogP contribution in [0.3, 0.4) is 0 Å². The van der Waals surface area contributed by atoms with Gasteiger partial charge in [0.05, 0.1) is 0 Å². The molecule has 2 rings (SSSR count). The Morgan fingerprint density at radius 2 is 1.53 bits per heavy atom. The second kappa shape index (κ2) is 6.78. The first-order chi connectivity index (χ1) is 8.31. The van der Waals surface area contributed by atoms with Gasteiger partial charge in [0.15, 0.2) is 0 Å². The molecule has 0 aromatic heterocycles. The number of piperidine rings is 1.